The lowest BCUT2D eigenvalue weighted by Gasteiger charge is -2.26. The summed E-state index contributed by atoms with van der Waals surface area (Å²) in [4.78, 5) is 14.6. The average Bonchev–Trinajstić information content (AvgIpc) is 3.65. The second-order valence-corrected chi connectivity index (χ2v) is 11.2. The van der Waals surface area contributed by atoms with Crippen molar-refractivity contribution in [3.8, 4) is 11.3 Å². The molecular formula is C26H28BrFN2O6S. The minimum Gasteiger partial charge on any atom is -0.455 e. The van der Waals surface area contributed by atoms with Gasteiger partial charge in [-0.25, -0.2) is 12.8 Å². The zero-order valence-corrected chi connectivity index (χ0v) is 23.1. The highest BCUT2D eigenvalue weighted by Crippen LogP contribution is 2.48. The number of nitrogens with zero attached hydrogens (tertiary/aromatic N) is 1. The van der Waals surface area contributed by atoms with Gasteiger partial charge in [-0.15, -0.1) is 0 Å². The molecule has 198 valence electrons. The van der Waals surface area contributed by atoms with E-state index in [1.165, 1.54) is 42.7 Å². The first-order valence-electron chi connectivity index (χ1n) is 11.6. The minimum atomic E-state index is -3.71. The molecule has 0 saturated heterocycles. The van der Waals surface area contributed by atoms with Gasteiger partial charge in [-0.2, -0.15) is 0 Å². The van der Waals surface area contributed by atoms with Crippen molar-refractivity contribution in [1.29, 1.82) is 0 Å². The first kappa shape index (κ1) is 27.3. The second-order valence-electron chi connectivity index (χ2n) is 8.87. The molecule has 0 bridgehead atoms. The van der Waals surface area contributed by atoms with Crippen molar-refractivity contribution >= 4 is 48.5 Å². The molecule has 37 heavy (non-hydrogen) atoms. The second kappa shape index (κ2) is 11.3. The van der Waals surface area contributed by atoms with Crippen molar-refractivity contribution in [2.45, 2.75) is 18.8 Å². The summed E-state index contributed by atoms with van der Waals surface area (Å²) in [5.41, 5.74) is 3.19. The molecule has 1 N–H and O–H groups in total. The van der Waals surface area contributed by atoms with Gasteiger partial charge in [-0.1, -0.05) is 15.9 Å². The summed E-state index contributed by atoms with van der Waals surface area (Å²) in [5.74, 6) is -0.319. The highest BCUT2D eigenvalue weighted by molar-refractivity contribution is 9.11. The Labute approximate surface area is 223 Å². The van der Waals surface area contributed by atoms with Gasteiger partial charge in [0.25, 0.3) is 5.91 Å². The van der Waals surface area contributed by atoms with Crippen LogP contribution in [-0.4, -0.2) is 54.7 Å². The number of carbonyl (C=O) groups is 1. The Morgan fingerprint density at radius 2 is 1.97 bits per heavy atom. The summed E-state index contributed by atoms with van der Waals surface area (Å²) in [5, 5.41) is 3.22. The Morgan fingerprint density at radius 3 is 2.54 bits per heavy atom. The molecule has 1 aromatic heterocycles. The number of benzene rings is 2. The molecule has 0 unspecified atom stereocenters. The molecule has 1 saturated carbocycles. The molecular weight excluding hydrogens is 567 g/mol. The number of hydrogen-bond donors (Lipinski definition) is 1. The number of rotatable bonds is 11. The van der Waals surface area contributed by atoms with Crippen LogP contribution in [0.15, 0.2) is 51.4 Å². The maximum absolute atomic E-state index is 13.6. The van der Waals surface area contributed by atoms with Crippen LogP contribution in [0.5, 0.6) is 0 Å². The van der Waals surface area contributed by atoms with Crippen LogP contribution in [0.2, 0.25) is 0 Å². The van der Waals surface area contributed by atoms with Gasteiger partial charge < -0.3 is 19.2 Å². The minimum absolute atomic E-state index is 0.0485. The fraction of sp³-hybridized carbons (Fsp3) is 0.346. The summed E-state index contributed by atoms with van der Waals surface area (Å²) in [7, 11) is -0.677. The lowest BCUT2D eigenvalue weighted by atomic mass is 10.0. The van der Waals surface area contributed by atoms with Crippen LogP contribution in [0.3, 0.4) is 0 Å². The molecule has 0 radical (unpaired) electrons. The van der Waals surface area contributed by atoms with Gasteiger partial charge in [-0.05, 0) is 65.2 Å². The summed E-state index contributed by atoms with van der Waals surface area (Å²) < 4.78 is 57.4. The van der Waals surface area contributed by atoms with Crippen LogP contribution in [0.4, 0.5) is 10.1 Å². The summed E-state index contributed by atoms with van der Waals surface area (Å²) >= 11 is 3.31. The standard InChI is InChI=1S/C26H28BrFN2O6S/c1-29-26(31)24-21-10-20(17-4-5-17)22(11-23(21)36-25(24)18-6-8-19(28)9-7-18)30(37(3,32)33)13-16(12-27)14-35-15-34-2/h6-12,17H,4-5,13-15H2,1-3H3,(H,29,31)/b16-12+. The lowest BCUT2D eigenvalue weighted by molar-refractivity contribution is -0.0212. The van der Waals surface area contributed by atoms with Crippen molar-refractivity contribution < 1.29 is 31.5 Å². The summed E-state index contributed by atoms with van der Waals surface area (Å²) in [6, 6.07) is 9.19. The van der Waals surface area contributed by atoms with Crippen molar-refractivity contribution in [1.82, 2.24) is 5.32 Å². The fourth-order valence-electron chi connectivity index (χ4n) is 4.17. The summed E-state index contributed by atoms with van der Waals surface area (Å²) in [6.07, 6.45) is 2.97. The molecule has 0 aliphatic heterocycles. The van der Waals surface area contributed by atoms with E-state index in [0.29, 0.717) is 33.4 Å². The molecule has 2 aromatic carbocycles. The maximum Gasteiger partial charge on any atom is 0.255 e. The molecule has 11 heteroatoms. The largest absolute Gasteiger partial charge is 0.455 e. The Hall–Kier alpha value is -2.73. The third kappa shape index (κ3) is 6.06. The predicted octanol–water partition coefficient (Wildman–Crippen LogP) is 5.14. The normalized spacial score (nSPS) is 14.2. The molecule has 1 fully saturated rings. The molecule has 1 amide bonds. The van der Waals surface area contributed by atoms with Crippen molar-refractivity contribution in [2.24, 2.45) is 0 Å². The van der Waals surface area contributed by atoms with E-state index in [0.717, 1.165) is 24.7 Å². The number of anilines is 1. The van der Waals surface area contributed by atoms with E-state index in [2.05, 4.69) is 21.2 Å². The first-order valence-corrected chi connectivity index (χ1v) is 14.3. The highest BCUT2D eigenvalue weighted by atomic mass is 79.9. The number of halogens is 2. The number of nitrogens with one attached hydrogen (secondary N) is 1. The Morgan fingerprint density at radius 1 is 1.27 bits per heavy atom. The monoisotopic (exact) mass is 594 g/mol. The molecule has 4 rings (SSSR count). The molecule has 1 aliphatic rings. The quantitative estimate of drug-likeness (QED) is 0.244. The van der Waals surface area contributed by atoms with E-state index in [1.54, 1.807) is 11.1 Å². The Bertz CT molecular complexity index is 1430. The molecule has 3 aromatic rings. The highest BCUT2D eigenvalue weighted by Gasteiger charge is 2.33. The third-order valence-corrected chi connectivity index (χ3v) is 7.85. The van der Waals surface area contributed by atoms with Gasteiger partial charge in [0.05, 0.1) is 30.7 Å². The fourth-order valence-corrected chi connectivity index (χ4v) is 5.37. The van der Waals surface area contributed by atoms with Crippen LogP contribution in [0.1, 0.15) is 34.7 Å². The lowest BCUT2D eigenvalue weighted by Crippen LogP contribution is -2.33. The van der Waals surface area contributed by atoms with Gasteiger partial charge in [0.15, 0.2) is 0 Å². The SMILES string of the molecule is CNC(=O)c1c(-c2ccc(F)cc2)oc2cc(N(C/C(=C\Br)COCOC)S(C)(=O)=O)c(C3CC3)cc12. The van der Waals surface area contributed by atoms with Gasteiger partial charge in [0.2, 0.25) is 10.0 Å². The van der Waals surface area contributed by atoms with Gasteiger partial charge in [0, 0.05) is 31.2 Å². The van der Waals surface area contributed by atoms with E-state index >= 15 is 0 Å². The van der Waals surface area contributed by atoms with E-state index < -0.39 is 15.8 Å². The molecule has 0 spiro atoms. The molecule has 0 atom stereocenters. The zero-order valence-electron chi connectivity index (χ0n) is 20.7. The number of methoxy groups -OCH3 is 1. The van der Waals surface area contributed by atoms with Crippen molar-refractivity contribution in [2.75, 3.05) is 44.7 Å². The zero-order chi connectivity index (χ0) is 26.7. The van der Waals surface area contributed by atoms with E-state index in [9.17, 15) is 17.6 Å². The first-order chi connectivity index (χ1) is 17.7. The topological polar surface area (TPSA) is 98.1 Å². The van der Waals surface area contributed by atoms with Gasteiger partial charge in [-0.3, -0.25) is 9.10 Å². The summed E-state index contributed by atoms with van der Waals surface area (Å²) in [6.45, 7) is 0.290. The van der Waals surface area contributed by atoms with Crippen LogP contribution < -0.4 is 9.62 Å². The van der Waals surface area contributed by atoms with E-state index in [4.69, 9.17) is 13.9 Å². The predicted molar refractivity (Wildman–Crippen MR) is 144 cm³/mol. The van der Waals surface area contributed by atoms with Crippen LogP contribution in [0, 0.1) is 5.82 Å². The number of furan rings is 1. The molecule has 1 heterocycles. The molecule has 1 aliphatic carbocycles. The number of fused-ring (bicyclic) bond motifs is 1. The van der Waals surface area contributed by atoms with Crippen LogP contribution in [-0.2, 0) is 19.5 Å². The van der Waals surface area contributed by atoms with Crippen LogP contribution >= 0.6 is 15.9 Å². The Kier molecular flexibility index (Phi) is 8.37. The number of carbonyl (C=O) groups excluding carboxylic acids is 1. The number of sulfonamides is 1. The van der Waals surface area contributed by atoms with Gasteiger partial charge >= 0.3 is 0 Å². The number of amides is 1. The number of ether oxygens (including phenoxy) is 2. The molecule has 8 nitrogen and oxygen atoms in total. The maximum atomic E-state index is 13.6. The Balaban J connectivity index is 1.89. The van der Waals surface area contributed by atoms with Crippen molar-refractivity contribution in [3.63, 3.8) is 0 Å². The van der Waals surface area contributed by atoms with E-state index in [1.807, 2.05) is 6.07 Å². The smallest absolute Gasteiger partial charge is 0.255 e. The number of hydrogen-bond acceptors (Lipinski definition) is 6. The third-order valence-electron chi connectivity index (χ3n) is 6.07. The van der Waals surface area contributed by atoms with Gasteiger partial charge in [0.1, 0.15) is 24.0 Å². The van der Waals surface area contributed by atoms with Crippen molar-refractivity contribution in [3.05, 3.63) is 63.9 Å². The average molecular weight is 595 g/mol. The van der Waals surface area contributed by atoms with E-state index in [-0.39, 0.29) is 37.5 Å². The van der Waals surface area contributed by atoms with Crippen LogP contribution in [0.25, 0.3) is 22.3 Å².